The summed E-state index contributed by atoms with van der Waals surface area (Å²) in [4.78, 5) is 12.8. The molecule has 0 spiro atoms. The Balaban J connectivity index is 1.36. The molecule has 2 aliphatic rings. The average Bonchev–Trinajstić information content (AvgIpc) is 2.76. The van der Waals surface area contributed by atoms with E-state index in [2.05, 4.69) is 39.8 Å². The van der Waals surface area contributed by atoms with Crippen LogP contribution < -0.4 is 4.74 Å². The summed E-state index contributed by atoms with van der Waals surface area (Å²) in [6, 6.07) is 15.8. The molecule has 1 saturated carbocycles. The van der Waals surface area contributed by atoms with Crippen LogP contribution in [0.1, 0.15) is 57.3 Å². The standard InChI is InChI=1S/C28H36O4/c1-19(2)25-14-5-20(3)15-26(25)32-27(29)23-8-6-21(7-9-23)22-10-12-24(13-11-22)31-18-28(4)16-30-17-28/h6-13,19-20,25-26H,5,14-18H2,1-4H3. The Hall–Kier alpha value is -2.33. The third kappa shape index (κ3) is 5.35. The Bertz CT molecular complexity index is 896. The van der Waals surface area contributed by atoms with Crippen molar-refractivity contribution in [2.45, 2.75) is 53.1 Å². The highest BCUT2D eigenvalue weighted by molar-refractivity contribution is 5.90. The Morgan fingerprint density at radius 3 is 2.22 bits per heavy atom. The molecule has 0 N–H and O–H groups in total. The SMILES string of the molecule is CC1CCC(C(C)C)C(OC(=O)c2ccc(-c3ccc(OCC4(C)COC4)cc3)cc2)C1. The van der Waals surface area contributed by atoms with Crippen LogP contribution in [0.25, 0.3) is 11.1 Å². The van der Waals surface area contributed by atoms with Crippen molar-refractivity contribution in [2.75, 3.05) is 19.8 Å². The Morgan fingerprint density at radius 2 is 1.66 bits per heavy atom. The zero-order valence-corrected chi connectivity index (χ0v) is 19.8. The molecule has 1 saturated heterocycles. The zero-order valence-electron chi connectivity index (χ0n) is 19.8. The summed E-state index contributed by atoms with van der Waals surface area (Å²) in [6.45, 7) is 11.1. The molecule has 2 aromatic carbocycles. The van der Waals surface area contributed by atoms with Crippen molar-refractivity contribution in [3.05, 3.63) is 54.1 Å². The van der Waals surface area contributed by atoms with Gasteiger partial charge in [-0.25, -0.2) is 4.79 Å². The molecular formula is C28H36O4. The van der Waals surface area contributed by atoms with Gasteiger partial charge in [-0.15, -0.1) is 0 Å². The van der Waals surface area contributed by atoms with Crippen molar-refractivity contribution in [1.29, 1.82) is 0 Å². The van der Waals surface area contributed by atoms with Crippen LogP contribution in [-0.4, -0.2) is 31.9 Å². The second kappa shape index (κ2) is 9.66. The lowest BCUT2D eigenvalue weighted by atomic mass is 9.75. The molecule has 0 amide bonds. The maximum atomic E-state index is 12.8. The summed E-state index contributed by atoms with van der Waals surface area (Å²) in [5.74, 6) is 2.25. The molecule has 3 unspecified atom stereocenters. The predicted molar refractivity (Wildman–Crippen MR) is 127 cm³/mol. The summed E-state index contributed by atoms with van der Waals surface area (Å²) in [7, 11) is 0. The molecular weight excluding hydrogens is 400 g/mol. The third-order valence-corrected chi connectivity index (χ3v) is 7.02. The highest BCUT2D eigenvalue weighted by Crippen LogP contribution is 2.36. The number of hydrogen-bond acceptors (Lipinski definition) is 4. The van der Waals surface area contributed by atoms with Gasteiger partial charge in [0.15, 0.2) is 0 Å². The fraction of sp³-hybridized carbons (Fsp3) is 0.536. The highest BCUT2D eigenvalue weighted by atomic mass is 16.5. The Labute approximate surface area is 192 Å². The normalized spacial score (nSPS) is 24.6. The van der Waals surface area contributed by atoms with E-state index in [1.54, 1.807) is 0 Å². The number of ether oxygens (including phenoxy) is 3. The van der Waals surface area contributed by atoms with E-state index in [4.69, 9.17) is 14.2 Å². The first-order valence-corrected chi connectivity index (χ1v) is 11.9. The second-order valence-electron chi connectivity index (χ2n) is 10.5. The van der Waals surface area contributed by atoms with Crippen LogP contribution in [0.2, 0.25) is 0 Å². The molecule has 1 heterocycles. The lowest BCUT2D eigenvalue weighted by molar-refractivity contribution is -0.120. The van der Waals surface area contributed by atoms with Gasteiger partial charge in [-0.3, -0.25) is 0 Å². The van der Waals surface area contributed by atoms with E-state index < -0.39 is 0 Å². The van der Waals surface area contributed by atoms with Crippen LogP contribution >= 0.6 is 0 Å². The molecule has 4 heteroatoms. The summed E-state index contributed by atoms with van der Waals surface area (Å²) in [5.41, 5.74) is 2.91. The summed E-state index contributed by atoms with van der Waals surface area (Å²) in [6.07, 6.45) is 3.35. The van der Waals surface area contributed by atoms with Gasteiger partial charge in [-0.05, 0) is 66.0 Å². The summed E-state index contributed by atoms with van der Waals surface area (Å²) in [5, 5.41) is 0. The summed E-state index contributed by atoms with van der Waals surface area (Å²) < 4.78 is 17.2. The van der Waals surface area contributed by atoms with Crippen LogP contribution in [0.15, 0.2) is 48.5 Å². The van der Waals surface area contributed by atoms with E-state index in [0.717, 1.165) is 42.9 Å². The van der Waals surface area contributed by atoms with E-state index in [0.29, 0.717) is 29.9 Å². The van der Waals surface area contributed by atoms with Crippen LogP contribution in [0.3, 0.4) is 0 Å². The van der Waals surface area contributed by atoms with Gasteiger partial charge in [0.1, 0.15) is 11.9 Å². The number of benzene rings is 2. The Morgan fingerprint density at radius 1 is 1.03 bits per heavy atom. The van der Waals surface area contributed by atoms with Crippen molar-refractivity contribution in [3.8, 4) is 16.9 Å². The molecule has 32 heavy (non-hydrogen) atoms. The van der Waals surface area contributed by atoms with Crippen molar-refractivity contribution < 1.29 is 19.0 Å². The van der Waals surface area contributed by atoms with Crippen LogP contribution in [0, 0.1) is 23.2 Å². The van der Waals surface area contributed by atoms with Gasteiger partial charge in [0.25, 0.3) is 0 Å². The van der Waals surface area contributed by atoms with Gasteiger partial charge in [0.05, 0.1) is 25.4 Å². The molecule has 0 bridgehead atoms. The van der Waals surface area contributed by atoms with Gasteiger partial charge >= 0.3 is 5.97 Å². The summed E-state index contributed by atoms with van der Waals surface area (Å²) >= 11 is 0. The number of carbonyl (C=O) groups excluding carboxylic acids is 1. The first kappa shape index (κ1) is 22.8. The maximum Gasteiger partial charge on any atom is 0.338 e. The number of esters is 1. The van der Waals surface area contributed by atoms with E-state index in [1.807, 2.05) is 36.4 Å². The fourth-order valence-electron chi connectivity index (χ4n) is 4.79. The van der Waals surface area contributed by atoms with E-state index in [9.17, 15) is 4.79 Å². The highest BCUT2D eigenvalue weighted by Gasteiger charge is 2.34. The second-order valence-corrected chi connectivity index (χ2v) is 10.5. The molecule has 172 valence electrons. The smallest absolute Gasteiger partial charge is 0.338 e. The fourth-order valence-corrected chi connectivity index (χ4v) is 4.79. The van der Waals surface area contributed by atoms with Crippen LogP contribution in [0.4, 0.5) is 0 Å². The number of carbonyl (C=O) groups is 1. The van der Waals surface area contributed by atoms with Crippen LogP contribution in [-0.2, 0) is 9.47 Å². The monoisotopic (exact) mass is 436 g/mol. The molecule has 2 fully saturated rings. The van der Waals surface area contributed by atoms with Crippen molar-refractivity contribution in [2.24, 2.45) is 23.2 Å². The van der Waals surface area contributed by atoms with E-state index in [1.165, 1.54) is 6.42 Å². The quantitative estimate of drug-likeness (QED) is 0.472. The van der Waals surface area contributed by atoms with Crippen molar-refractivity contribution in [3.63, 3.8) is 0 Å². The first-order valence-electron chi connectivity index (χ1n) is 11.9. The predicted octanol–water partition coefficient (Wildman–Crippen LogP) is 6.39. The van der Waals surface area contributed by atoms with Gasteiger partial charge in [0.2, 0.25) is 0 Å². The van der Waals surface area contributed by atoms with Gasteiger partial charge in [-0.1, -0.05) is 58.4 Å². The number of hydrogen-bond donors (Lipinski definition) is 0. The number of rotatable bonds is 7. The maximum absolute atomic E-state index is 12.8. The molecule has 3 atom stereocenters. The minimum atomic E-state index is -0.210. The lowest BCUT2D eigenvalue weighted by Gasteiger charge is -2.37. The van der Waals surface area contributed by atoms with Gasteiger partial charge in [-0.2, -0.15) is 0 Å². The molecule has 0 radical (unpaired) electrons. The molecule has 2 aromatic rings. The average molecular weight is 437 g/mol. The van der Waals surface area contributed by atoms with Gasteiger partial charge < -0.3 is 14.2 Å². The van der Waals surface area contributed by atoms with E-state index >= 15 is 0 Å². The molecule has 4 rings (SSSR count). The molecule has 0 aromatic heterocycles. The first-order chi connectivity index (χ1) is 15.3. The minimum absolute atomic E-state index is 0.0206. The van der Waals surface area contributed by atoms with Crippen LogP contribution in [0.5, 0.6) is 5.75 Å². The molecule has 1 aliphatic carbocycles. The van der Waals surface area contributed by atoms with Gasteiger partial charge in [0, 0.05) is 5.41 Å². The third-order valence-electron chi connectivity index (χ3n) is 7.02. The van der Waals surface area contributed by atoms with Crippen molar-refractivity contribution >= 4 is 5.97 Å². The Kier molecular flexibility index (Phi) is 6.90. The largest absolute Gasteiger partial charge is 0.493 e. The van der Waals surface area contributed by atoms with E-state index in [-0.39, 0.29) is 17.5 Å². The van der Waals surface area contributed by atoms with Crippen molar-refractivity contribution in [1.82, 2.24) is 0 Å². The topological polar surface area (TPSA) is 44.8 Å². The molecule has 1 aliphatic heterocycles. The minimum Gasteiger partial charge on any atom is -0.493 e. The lowest BCUT2D eigenvalue weighted by Crippen LogP contribution is -2.44. The molecule has 4 nitrogen and oxygen atoms in total. The zero-order chi connectivity index (χ0) is 22.7.